The standard InChI is InChI=1S/C18H27N3O2/c1-14-6-4-7-15(19-14)16-8-5-9-20(16)13-21-11-18(2,12-23-3)10-17(21)22/h4,6-7,16H,5,8-13H2,1-3H3. The van der Waals surface area contributed by atoms with E-state index in [1.807, 2.05) is 17.9 Å². The van der Waals surface area contributed by atoms with Gasteiger partial charge in [-0.05, 0) is 31.9 Å². The van der Waals surface area contributed by atoms with Gasteiger partial charge in [-0.1, -0.05) is 13.0 Å². The quantitative estimate of drug-likeness (QED) is 0.836. The van der Waals surface area contributed by atoms with Gasteiger partial charge >= 0.3 is 0 Å². The molecule has 0 spiro atoms. The number of ether oxygens (including phenoxy) is 1. The van der Waals surface area contributed by atoms with Gasteiger partial charge in [-0.3, -0.25) is 14.7 Å². The van der Waals surface area contributed by atoms with E-state index in [-0.39, 0.29) is 11.3 Å². The van der Waals surface area contributed by atoms with Crippen LogP contribution in [-0.4, -0.2) is 54.2 Å². The number of hydrogen-bond acceptors (Lipinski definition) is 4. The number of likely N-dealkylation sites (tertiary alicyclic amines) is 2. The number of carbonyl (C=O) groups is 1. The first-order valence-electron chi connectivity index (χ1n) is 8.45. The summed E-state index contributed by atoms with van der Waals surface area (Å²) >= 11 is 0. The van der Waals surface area contributed by atoms with Gasteiger partial charge in [-0.25, -0.2) is 0 Å². The molecule has 2 saturated heterocycles. The maximum Gasteiger partial charge on any atom is 0.224 e. The van der Waals surface area contributed by atoms with Crippen LogP contribution < -0.4 is 0 Å². The molecule has 2 aliphatic rings. The highest BCUT2D eigenvalue weighted by atomic mass is 16.5. The van der Waals surface area contributed by atoms with Crippen molar-refractivity contribution >= 4 is 5.91 Å². The van der Waals surface area contributed by atoms with Gasteiger partial charge in [0.15, 0.2) is 0 Å². The topological polar surface area (TPSA) is 45.7 Å². The lowest BCUT2D eigenvalue weighted by molar-refractivity contribution is -0.129. The molecule has 0 bridgehead atoms. The Balaban J connectivity index is 1.68. The van der Waals surface area contributed by atoms with Crippen molar-refractivity contribution < 1.29 is 9.53 Å². The number of carbonyl (C=O) groups excluding carboxylic acids is 1. The van der Waals surface area contributed by atoms with Gasteiger partial charge in [0.2, 0.25) is 5.91 Å². The Hall–Kier alpha value is -1.46. The normalized spacial score (nSPS) is 28.7. The Kier molecular flexibility index (Phi) is 4.69. The van der Waals surface area contributed by atoms with Crippen molar-refractivity contribution in [2.45, 2.75) is 39.2 Å². The second kappa shape index (κ2) is 6.57. The molecule has 3 heterocycles. The first-order chi connectivity index (χ1) is 11.0. The SMILES string of the molecule is COCC1(C)CC(=O)N(CN2CCCC2c2cccc(C)n2)C1. The average Bonchev–Trinajstić information content (AvgIpc) is 3.05. The second-order valence-corrected chi connectivity index (χ2v) is 7.33. The number of nitrogens with zero attached hydrogens (tertiary/aromatic N) is 3. The summed E-state index contributed by atoms with van der Waals surface area (Å²) in [6.07, 6.45) is 2.87. The zero-order chi connectivity index (χ0) is 16.4. The minimum absolute atomic E-state index is 0.0529. The Morgan fingerprint density at radius 2 is 2.26 bits per heavy atom. The van der Waals surface area contributed by atoms with E-state index in [0.717, 1.165) is 37.3 Å². The van der Waals surface area contributed by atoms with Crippen LogP contribution in [0.5, 0.6) is 0 Å². The molecule has 5 nitrogen and oxygen atoms in total. The van der Waals surface area contributed by atoms with Crippen molar-refractivity contribution in [3.8, 4) is 0 Å². The highest BCUT2D eigenvalue weighted by Crippen LogP contribution is 2.35. The van der Waals surface area contributed by atoms with Crippen molar-refractivity contribution in [2.24, 2.45) is 5.41 Å². The van der Waals surface area contributed by atoms with E-state index >= 15 is 0 Å². The molecule has 2 unspecified atom stereocenters. The monoisotopic (exact) mass is 317 g/mol. The Morgan fingerprint density at radius 1 is 1.43 bits per heavy atom. The van der Waals surface area contributed by atoms with Crippen molar-refractivity contribution in [1.82, 2.24) is 14.8 Å². The minimum Gasteiger partial charge on any atom is -0.384 e. The molecule has 0 saturated carbocycles. The summed E-state index contributed by atoms with van der Waals surface area (Å²) in [5.74, 6) is 0.243. The smallest absolute Gasteiger partial charge is 0.224 e. The first kappa shape index (κ1) is 16.4. The van der Waals surface area contributed by atoms with Crippen LogP contribution in [0.2, 0.25) is 0 Å². The minimum atomic E-state index is -0.0529. The van der Waals surface area contributed by atoms with Gasteiger partial charge in [0, 0.05) is 37.7 Å². The number of rotatable bonds is 5. The maximum absolute atomic E-state index is 12.4. The molecule has 2 fully saturated rings. The van der Waals surface area contributed by atoms with Crippen molar-refractivity contribution in [2.75, 3.05) is 33.5 Å². The van der Waals surface area contributed by atoms with Crippen molar-refractivity contribution in [1.29, 1.82) is 0 Å². The molecule has 5 heteroatoms. The van der Waals surface area contributed by atoms with Gasteiger partial charge in [0.25, 0.3) is 0 Å². The summed E-state index contributed by atoms with van der Waals surface area (Å²) in [5.41, 5.74) is 2.14. The van der Waals surface area contributed by atoms with Crippen LogP contribution in [0.25, 0.3) is 0 Å². The Labute approximate surface area is 138 Å². The lowest BCUT2D eigenvalue weighted by atomic mass is 9.91. The summed E-state index contributed by atoms with van der Waals surface area (Å²) in [6.45, 7) is 7.33. The van der Waals surface area contributed by atoms with Crippen LogP contribution in [-0.2, 0) is 9.53 Å². The van der Waals surface area contributed by atoms with E-state index in [0.29, 0.717) is 25.7 Å². The fourth-order valence-electron chi connectivity index (χ4n) is 3.96. The molecule has 3 rings (SSSR count). The number of amides is 1. The zero-order valence-corrected chi connectivity index (χ0v) is 14.4. The van der Waals surface area contributed by atoms with E-state index < -0.39 is 0 Å². The van der Waals surface area contributed by atoms with E-state index in [2.05, 4.69) is 24.0 Å². The third-order valence-corrected chi connectivity index (χ3v) is 4.96. The summed E-state index contributed by atoms with van der Waals surface area (Å²) < 4.78 is 5.30. The average molecular weight is 317 g/mol. The molecule has 0 aromatic carbocycles. The fourth-order valence-corrected chi connectivity index (χ4v) is 3.96. The number of aryl methyl sites for hydroxylation is 1. The number of hydrogen-bond donors (Lipinski definition) is 0. The fraction of sp³-hybridized carbons (Fsp3) is 0.667. The third-order valence-electron chi connectivity index (χ3n) is 4.96. The second-order valence-electron chi connectivity index (χ2n) is 7.33. The predicted octanol–water partition coefficient (Wildman–Crippen LogP) is 2.37. The lowest BCUT2D eigenvalue weighted by Crippen LogP contribution is -2.39. The van der Waals surface area contributed by atoms with Crippen LogP contribution >= 0.6 is 0 Å². The summed E-state index contributed by atoms with van der Waals surface area (Å²) in [4.78, 5) is 21.5. The van der Waals surface area contributed by atoms with E-state index in [4.69, 9.17) is 9.72 Å². The molecule has 1 aromatic heterocycles. The molecule has 1 aromatic rings. The Bertz CT molecular complexity index is 577. The van der Waals surface area contributed by atoms with Crippen LogP contribution in [0.1, 0.15) is 43.6 Å². The van der Waals surface area contributed by atoms with Gasteiger partial charge in [-0.2, -0.15) is 0 Å². The van der Waals surface area contributed by atoms with E-state index in [1.54, 1.807) is 7.11 Å². The first-order valence-corrected chi connectivity index (χ1v) is 8.45. The maximum atomic E-state index is 12.4. The predicted molar refractivity (Wildman–Crippen MR) is 88.8 cm³/mol. The summed E-state index contributed by atoms with van der Waals surface area (Å²) in [7, 11) is 1.71. The molecule has 0 aliphatic carbocycles. The van der Waals surface area contributed by atoms with Crippen LogP contribution in [0.15, 0.2) is 18.2 Å². The molecule has 0 radical (unpaired) electrons. The highest BCUT2D eigenvalue weighted by molar-refractivity contribution is 5.79. The number of aromatic nitrogens is 1. The molecule has 2 aliphatic heterocycles. The van der Waals surface area contributed by atoms with Gasteiger partial charge in [0.1, 0.15) is 0 Å². The van der Waals surface area contributed by atoms with Crippen LogP contribution in [0.4, 0.5) is 0 Å². The van der Waals surface area contributed by atoms with E-state index in [9.17, 15) is 4.79 Å². The summed E-state index contributed by atoms with van der Waals surface area (Å²) in [6, 6.07) is 6.54. The van der Waals surface area contributed by atoms with Crippen molar-refractivity contribution in [3.05, 3.63) is 29.6 Å². The third kappa shape index (κ3) is 3.56. The lowest BCUT2D eigenvalue weighted by Gasteiger charge is -2.30. The molecule has 0 N–H and O–H groups in total. The van der Waals surface area contributed by atoms with E-state index in [1.165, 1.54) is 0 Å². The van der Waals surface area contributed by atoms with Crippen LogP contribution in [0.3, 0.4) is 0 Å². The number of pyridine rings is 1. The molecular formula is C18H27N3O2. The van der Waals surface area contributed by atoms with Crippen molar-refractivity contribution in [3.63, 3.8) is 0 Å². The molecular weight excluding hydrogens is 290 g/mol. The molecule has 1 amide bonds. The van der Waals surface area contributed by atoms with Gasteiger partial charge < -0.3 is 9.64 Å². The Morgan fingerprint density at radius 3 is 3.00 bits per heavy atom. The zero-order valence-electron chi connectivity index (χ0n) is 14.4. The van der Waals surface area contributed by atoms with Gasteiger partial charge in [0.05, 0.1) is 25.0 Å². The highest BCUT2D eigenvalue weighted by Gasteiger charge is 2.41. The molecule has 2 atom stereocenters. The number of methoxy groups -OCH3 is 1. The molecule has 23 heavy (non-hydrogen) atoms. The molecule has 126 valence electrons. The largest absolute Gasteiger partial charge is 0.384 e. The summed E-state index contributed by atoms with van der Waals surface area (Å²) in [5, 5.41) is 0. The van der Waals surface area contributed by atoms with Gasteiger partial charge in [-0.15, -0.1) is 0 Å². The van der Waals surface area contributed by atoms with Crippen LogP contribution in [0, 0.1) is 12.3 Å².